The van der Waals surface area contributed by atoms with Crippen LogP contribution in [-0.2, 0) is 11.2 Å². The Morgan fingerprint density at radius 1 is 1.13 bits per heavy atom. The van der Waals surface area contributed by atoms with Gasteiger partial charge in [0.05, 0.1) is 20.0 Å². The van der Waals surface area contributed by atoms with E-state index < -0.39 is 0 Å². The van der Waals surface area contributed by atoms with Gasteiger partial charge in [0.1, 0.15) is 11.0 Å². The molecule has 2 aromatic rings. The minimum absolute atomic E-state index is 0.00704. The first-order chi connectivity index (χ1) is 18.0. The minimum Gasteiger partial charge on any atom is -0.493 e. The number of piperazine rings is 1. The van der Waals surface area contributed by atoms with Crippen molar-refractivity contribution in [3.05, 3.63) is 35.0 Å². The van der Waals surface area contributed by atoms with Crippen LogP contribution >= 0.6 is 23.4 Å². The lowest BCUT2D eigenvalue weighted by Crippen LogP contribution is -2.59. The lowest BCUT2D eigenvalue weighted by Gasteiger charge is -2.41. The third kappa shape index (κ3) is 8.56. The van der Waals surface area contributed by atoms with Gasteiger partial charge in [0.15, 0.2) is 16.7 Å². The van der Waals surface area contributed by atoms with Crippen LogP contribution in [0.25, 0.3) is 0 Å². The lowest BCUT2D eigenvalue weighted by atomic mass is 10.1. The SMILES string of the molecule is COc1ccc(CCNC(=O)CSc2nc(Cl)cc(N3CCN(C(=O)NC(C)(C)C)[C@@H](C)C3)n2)cc1OC. The van der Waals surface area contributed by atoms with Gasteiger partial charge < -0.3 is 29.9 Å². The van der Waals surface area contributed by atoms with Gasteiger partial charge in [-0.25, -0.2) is 14.8 Å². The van der Waals surface area contributed by atoms with Crippen molar-refractivity contribution in [3.63, 3.8) is 0 Å². The van der Waals surface area contributed by atoms with E-state index in [0.29, 0.717) is 60.2 Å². The molecule has 1 aromatic heterocycles. The number of amides is 3. The summed E-state index contributed by atoms with van der Waals surface area (Å²) in [7, 11) is 3.19. The maximum absolute atomic E-state index is 12.6. The normalized spacial score (nSPS) is 15.7. The number of methoxy groups -OCH3 is 2. The van der Waals surface area contributed by atoms with Crippen LogP contribution in [0.15, 0.2) is 29.4 Å². The first-order valence-corrected chi connectivity index (χ1v) is 13.8. The molecule has 0 aliphatic carbocycles. The topological polar surface area (TPSA) is 109 Å². The number of benzene rings is 1. The zero-order valence-electron chi connectivity index (χ0n) is 22.8. The summed E-state index contributed by atoms with van der Waals surface area (Å²) >= 11 is 7.52. The lowest BCUT2D eigenvalue weighted by molar-refractivity contribution is -0.118. The summed E-state index contributed by atoms with van der Waals surface area (Å²) in [5.41, 5.74) is 0.735. The van der Waals surface area contributed by atoms with Crippen molar-refractivity contribution in [1.82, 2.24) is 25.5 Å². The van der Waals surface area contributed by atoms with Crippen LogP contribution in [0.2, 0.25) is 5.15 Å². The zero-order valence-corrected chi connectivity index (χ0v) is 24.4. The van der Waals surface area contributed by atoms with Crippen LogP contribution in [0.4, 0.5) is 10.6 Å². The maximum atomic E-state index is 12.6. The van der Waals surface area contributed by atoms with E-state index in [1.807, 2.05) is 50.8 Å². The largest absolute Gasteiger partial charge is 0.493 e. The molecule has 3 rings (SSSR count). The molecule has 0 bridgehead atoms. The fourth-order valence-corrected chi connectivity index (χ4v) is 4.95. The molecular weight excluding hydrogens is 528 g/mol. The van der Waals surface area contributed by atoms with E-state index in [2.05, 4.69) is 25.5 Å². The molecule has 208 valence electrons. The molecule has 0 spiro atoms. The number of rotatable bonds is 9. The van der Waals surface area contributed by atoms with E-state index in [-0.39, 0.29) is 29.3 Å². The Bertz CT molecular complexity index is 1130. The molecule has 12 heteroatoms. The number of thioether (sulfide) groups is 1. The van der Waals surface area contributed by atoms with Crippen molar-refractivity contribution in [3.8, 4) is 11.5 Å². The number of carbonyl (C=O) groups excluding carboxylic acids is 2. The van der Waals surface area contributed by atoms with E-state index >= 15 is 0 Å². The van der Waals surface area contributed by atoms with Crippen LogP contribution in [-0.4, -0.2) is 84.5 Å². The van der Waals surface area contributed by atoms with Gasteiger partial charge in [-0.1, -0.05) is 29.4 Å². The van der Waals surface area contributed by atoms with Gasteiger partial charge in [-0.15, -0.1) is 0 Å². The molecule has 1 atom stereocenters. The number of carbonyl (C=O) groups is 2. The van der Waals surface area contributed by atoms with Crippen molar-refractivity contribution >= 4 is 41.1 Å². The Balaban J connectivity index is 1.50. The van der Waals surface area contributed by atoms with Gasteiger partial charge in [0.25, 0.3) is 0 Å². The molecule has 2 N–H and O–H groups in total. The highest BCUT2D eigenvalue weighted by atomic mass is 35.5. The van der Waals surface area contributed by atoms with Gasteiger partial charge in [0.2, 0.25) is 5.91 Å². The summed E-state index contributed by atoms with van der Waals surface area (Å²) in [6.07, 6.45) is 0.659. The van der Waals surface area contributed by atoms with Gasteiger partial charge in [-0.3, -0.25) is 4.79 Å². The second kappa shape index (κ2) is 13.2. The van der Waals surface area contributed by atoms with Crippen molar-refractivity contribution < 1.29 is 19.1 Å². The van der Waals surface area contributed by atoms with Crippen molar-refractivity contribution in [2.45, 2.75) is 50.9 Å². The van der Waals surface area contributed by atoms with Crippen LogP contribution in [0.3, 0.4) is 0 Å². The van der Waals surface area contributed by atoms with Crippen LogP contribution in [0.1, 0.15) is 33.3 Å². The molecular formula is C26H37ClN6O4S. The third-order valence-corrected chi connectivity index (χ3v) is 6.91. The fourth-order valence-electron chi connectivity index (χ4n) is 4.04. The highest BCUT2D eigenvalue weighted by Gasteiger charge is 2.30. The molecule has 2 heterocycles. The Labute approximate surface area is 233 Å². The fraction of sp³-hybridized carbons (Fsp3) is 0.538. The minimum atomic E-state index is -0.296. The Hall–Kier alpha value is -2.92. The molecule has 0 radical (unpaired) electrons. The third-order valence-electron chi connectivity index (χ3n) is 5.87. The highest BCUT2D eigenvalue weighted by Crippen LogP contribution is 2.28. The standard InChI is InChI=1S/C26H37ClN6O4S/c1-17-15-32(11-12-33(17)25(35)31-26(2,3)4)22-14-21(27)29-24(30-22)38-16-23(34)28-10-9-18-7-8-19(36-5)20(13-18)37-6/h7-8,13-14,17H,9-12,15-16H2,1-6H3,(H,28,34)(H,31,35)/t17-/m0/s1. The Morgan fingerprint density at radius 3 is 2.53 bits per heavy atom. The Kier molecular flexibility index (Phi) is 10.3. The summed E-state index contributed by atoms with van der Waals surface area (Å²) < 4.78 is 10.6. The molecule has 0 unspecified atom stereocenters. The van der Waals surface area contributed by atoms with Crippen molar-refractivity contribution in [1.29, 1.82) is 0 Å². The predicted molar refractivity (Wildman–Crippen MR) is 151 cm³/mol. The first-order valence-electron chi connectivity index (χ1n) is 12.5. The Morgan fingerprint density at radius 2 is 1.87 bits per heavy atom. The number of urea groups is 1. The summed E-state index contributed by atoms with van der Waals surface area (Å²) in [5, 5.41) is 6.69. The summed E-state index contributed by atoms with van der Waals surface area (Å²) in [4.78, 5) is 37.9. The molecule has 0 saturated carbocycles. The number of hydrogen-bond donors (Lipinski definition) is 2. The molecule has 1 aliphatic heterocycles. The molecule has 1 fully saturated rings. The number of anilines is 1. The van der Waals surface area contributed by atoms with E-state index in [1.54, 1.807) is 20.3 Å². The summed E-state index contributed by atoms with van der Waals surface area (Å²) in [5.74, 6) is 2.06. The number of nitrogens with zero attached hydrogens (tertiary/aromatic N) is 4. The van der Waals surface area contributed by atoms with E-state index in [1.165, 1.54) is 11.8 Å². The highest BCUT2D eigenvalue weighted by molar-refractivity contribution is 7.99. The van der Waals surface area contributed by atoms with E-state index in [4.69, 9.17) is 21.1 Å². The summed E-state index contributed by atoms with van der Waals surface area (Å²) in [6.45, 7) is 10.2. The monoisotopic (exact) mass is 564 g/mol. The molecule has 1 aromatic carbocycles. The van der Waals surface area contributed by atoms with Gasteiger partial charge in [-0.2, -0.15) is 0 Å². The molecule has 38 heavy (non-hydrogen) atoms. The molecule has 3 amide bonds. The average molecular weight is 565 g/mol. The van der Waals surface area contributed by atoms with E-state index in [0.717, 1.165) is 5.56 Å². The second-order valence-electron chi connectivity index (χ2n) is 10.1. The number of aromatic nitrogens is 2. The number of halogens is 1. The number of nitrogens with one attached hydrogen (secondary N) is 2. The van der Waals surface area contributed by atoms with Gasteiger partial charge in [0, 0.05) is 43.8 Å². The van der Waals surface area contributed by atoms with Crippen molar-refractivity contribution in [2.24, 2.45) is 0 Å². The smallest absolute Gasteiger partial charge is 0.318 e. The number of ether oxygens (including phenoxy) is 2. The average Bonchev–Trinajstić information content (AvgIpc) is 2.85. The maximum Gasteiger partial charge on any atom is 0.318 e. The van der Waals surface area contributed by atoms with Gasteiger partial charge >= 0.3 is 6.03 Å². The first kappa shape index (κ1) is 29.6. The molecule has 1 aliphatic rings. The van der Waals surface area contributed by atoms with Crippen LogP contribution in [0.5, 0.6) is 11.5 Å². The van der Waals surface area contributed by atoms with Crippen molar-refractivity contribution in [2.75, 3.05) is 51.1 Å². The van der Waals surface area contributed by atoms with Crippen LogP contribution < -0.4 is 25.0 Å². The zero-order chi connectivity index (χ0) is 27.9. The van der Waals surface area contributed by atoms with Crippen LogP contribution in [0, 0.1) is 0 Å². The van der Waals surface area contributed by atoms with E-state index in [9.17, 15) is 9.59 Å². The van der Waals surface area contributed by atoms with Gasteiger partial charge in [-0.05, 0) is 51.8 Å². The predicted octanol–water partition coefficient (Wildman–Crippen LogP) is 3.62. The molecule has 1 saturated heterocycles. The number of hydrogen-bond acceptors (Lipinski definition) is 8. The molecule has 10 nitrogen and oxygen atoms in total. The summed E-state index contributed by atoms with van der Waals surface area (Å²) in [6, 6.07) is 7.33. The quantitative estimate of drug-likeness (QED) is 0.270. The second-order valence-corrected chi connectivity index (χ2v) is 11.4.